The summed E-state index contributed by atoms with van der Waals surface area (Å²) < 4.78 is 1.83. The Morgan fingerprint density at radius 2 is 2.09 bits per heavy atom. The van der Waals surface area contributed by atoms with Crippen molar-refractivity contribution in [2.24, 2.45) is 0 Å². The van der Waals surface area contributed by atoms with Crippen LogP contribution < -0.4 is 5.32 Å². The molecule has 1 aromatic heterocycles. The fourth-order valence-electron chi connectivity index (χ4n) is 2.69. The van der Waals surface area contributed by atoms with Crippen LogP contribution in [-0.2, 0) is 9.59 Å². The van der Waals surface area contributed by atoms with Gasteiger partial charge >= 0.3 is 0 Å². The van der Waals surface area contributed by atoms with E-state index < -0.39 is 0 Å². The zero-order valence-electron chi connectivity index (χ0n) is 13.0. The topological polar surface area (TPSA) is 80.1 Å². The monoisotopic (exact) mass is 313 g/mol. The molecular weight excluding hydrogens is 294 g/mol. The van der Waals surface area contributed by atoms with Gasteiger partial charge in [-0.05, 0) is 6.42 Å². The van der Waals surface area contributed by atoms with Crippen LogP contribution in [0.15, 0.2) is 36.5 Å². The van der Waals surface area contributed by atoms with Gasteiger partial charge in [-0.2, -0.15) is 0 Å². The fourth-order valence-corrected chi connectivity index (χ4v) is 2.69. The second-order valence-corrected chi connectivity index (χ2v) is 5.64. The third-order valence-electron chi connectivity index (χ3n) is 3.96. The summed E-state index contributed by atoms with van der Waals surface area (Å²) >= 11 is 0. The van der Waals surface area contributed by atoms with Gasteiger partial charge in [-0.15, -0.1) is 5.10 Å². The van der Waals surface area contributed by atoms with E-state index in [1.165, 1.54) is 6.92 Å². The van der Waals surface area contributed by atoms with E-state index in [2.05, 4.69) is 15.6 Å². The summed E-state index contributed by atoms with van der Waals surface area (Å²) in [6.07, 6.45) is 2.76. The van der Waals surface area contributed by atoms with Crippen molar-refractivity contribution >= 4 is 11.8 Å². The Balaban J connectivity index is 1.62. The van der Waals surface area contributed by atoms with Crippen LogP contribution in [0.1, 0.15) is 19.4 Å². The van der Waals surface area contributed by atoms with Gasteiger partial charge in [-0.3, -0.25) is 9.59 Å². The minimum atomic E-state index is -0.196. The van der Waals surface area contributed by atoms with Gasteiger partial charge in [0, 0.05) is 25.6 Å². The first-order chi connectivity index (χ1) is 11.1. The van der Waals surface area contributed by atoms with E-state index in [-0.39, 0.29) is 24.4 Å². The molecule has 1 aromatic carbocycles. The fraction of sp³-hybridized carbons (Fsp3) is 0.375. The first kappa shape index (κ1) is 15.2. The van der Waals surface area contributed by atoms with Crippen molar-refractivity contribution in [3.05, 3.63) is 36.5 Å². The maximum absolute atomic E-state index is 12.0. The molecule has 2 heterocycles. The summed E-state index contributed by atoms with van der Waals surface area (Å²) in [6.45, 7) is 2.72. The molecule has 0 spiro atoms. The van der Waals surface area contributed by atoms with Crippen LogP contribution in [-0.4, -0.2) is 51.3 Å². The standard InChI is InChI=1S/C16H19N5O2/c1-12(22)17-9-16(23)20-8-7-14(10-20)21-11-15(18-19-21)13-5-3-2-4-6-13/h2-6,11,14H,7-10H2,1H3,(H,17,22). The molecule has 3 rings (SSSR count). The lowest BCUT2D eigenvalue weighted by Gasteiger charge is -2.16. The number of nitrogens with zero attached hydrogens (tertiary/aromatic N) is 4. The Morgan fingerprint density at radius 1 is 1.30 bits per heavy atom. The van der Waals surface area contributed by atoms with Gasteiger partial charge in [0.05, 0.1) is 18.8 Å². The lowest BCUT2D eigenvalue weighted by molar-refractivity contribution is -0.131. The molecule has 1 aliphatic rings. The third kappa shape index (κ3) is 3.56. The molecule has 0 bridgehead atoms. The SMILES string of the molecule is CC(=O)NCC(=O)N1CCC(n2cc(-c3ccccc3)nn2)C1. The number of likely N-dealkylation sites (tertiary alicyclic amines) is 1. The van der Waals surface area contributed by atoms with Crippen LogP contribution in [0.2, 0.25) is 0 Å². The molecule has 0 aliphatic carbocycles. The van der Waals surface area contributed by atoms with E-state index in [1.54, 1.807) is 4.90 Å². The molecule has 7 heteroatoms. The Labute approximate surface area is 134 Å². The molecule has 1 saturated heterocycles. The zero-order valence-corrected chi connectivity index (χ0v) is 13.0. The van der Waals surface area contributed by atoms with E-state index in [4.69, 9.17) is 0 Å². The molecule has 2 aromatic rings. The van der Waals surface area contributed by atoms with E-state index in [0.29, 0.717) is 13.1 Å². The van der Waals surface area contributed by atoms with E-state index in [1.807, 2.05) is 41.2 Å². The predicted octanol–water partition coefficient (Wildman–Crippen LogP) is 0.855. The van der Waals surface area contributed by atoms with Gasteiger partial charge in [0.2, 0.25) is 11.8 Å². The van der Waals surface area contributed by atoms with Gasteiger partial charge in [0.1, 0.15) is 5.69 Å². The summed E-state index contributed by atoms with van der Waals surface area (Å²) in [4.78, 5) is 24.7. The summed E-state index contributed by atoms with van der Waals surface area (Å²) in [6, 6.07) is 10.0. The van der Waals surface area contributed by atoms with Crippen molar-refractivity contribution in [3.63, 3.8) is 0 Å². The Morgan fingerprint density at radius 3 is 2.83 bits per heavy atom. The van der Waals surface area contributed by atoms with Crippen molar-refractivity contribution in [3.8, 4) is 11.3 Å². The van der Waals surface area contributed by atoms with Gasteiger partial charge < -0.3 is 10.2 Å². The number of carbonyl (C=O) groups excluding carboxylic acids is 2. The van der Waals surface area contributed by atoms with Crippen LogP contribution in [0.3, 0.4) is 0 Å². The zero-order chi connectivity index (χ0) is 16.2. The molecule has 0 radical (unpaired) electrons. The minimum Gasteiger partial charge on any atom is -0.347 e. The molecule has 1 fully saturated rings. The number of benzene rings is 1. The highest BCUT2D eigenvalue weighted by Crippen LogP contribution is 2.23. The van der Waals surface area contributed by atoms with Crippen molar-refractivity contribution in [1.82, 2.24) is 25.2 Å². The molecule has 1 N–H and O–H groups in total. The van der Waals surface area contributed by atoms with Crippen molar-refractivity contribution in [2.45, 2.75) is 19.4 Å². The Hall–Kier alpha value is -2.70. The Kier molecular flexibility index (Phi) is 4.36. The second kappa shape index (κ2) is 6.60. The summed E-state index contributed by atoms with van der Waals surface area (Å²) in [5, 5.41) is 11.0. The highest BCUT2D eigenvalue weighted by molar-refractivity contribution is 5.83. The summed E-state index contributed by atoms with van der Waals surface area (Å²) in [5.41, 5.74) is 1.85. The highest BCUT2D eigenvalue weighted by Gasteiger charge is 2.28. The number of hydrogen-bond donors (Lipinski definition) is 1. The second-order valence-electron chi connectivity index (χ2n) is 5.64. The van der Waals surface area contributed by atoms with Crippen LogP contribution >= 0.6 is 0 Å². The number of rotatable bonds is 4. The highest BCUT2D eigenvalue weighted by atomic mass is 16.2. The predicted molar refractivity (Wildman–Crippen MR) is 84.4 cm³/mol. The number of amides is 2. The smallest absolute Gasteiger partial charge is 0.242 e. The first-order valence-corrected chi connectivity index (χ1v) is 7.63. The molecule has 1 unspecified atom stereocenters. The van der Waals surface area contributed by atoms with E-state index in [9.17, 15) is 9.59 Å². The lowest BCUT2D eigenvalue weighted by Crippen LogP contribution is -2.38. The van der Waals surface area contributed by atoms with E-state index in [0.717, 1.165) is 17.7 Å². The van der Waals surface area contributed by atoms with Gasteiger partial charge in [0.25, 0.3) is 0 Å². The minimum absolute atomic E-state index is 0.0503. The molecule has 1 aliphatic heterocycles. The Bertz CT molecular complexity index is 698. The molecule has 23 heavy (non-hydrogen) atoms. The molecular formula is C16H19N5O2. The average Bonchev–Trinajstić information content (AvgIpc) is 3.22. The van der Waals surface area contributed by atoms with Crippen molar-refractivity contribution < 1.29 is 9.59 Å². The summed E-state index contributed by atoms with van der Waals surface area (Å²) in [7, 11) is 0. The molecule has 2 amide bonds. The van der Waals surface area contributed by atoms with Gasteiger partial charge in [-0.1, -0.05) is 35.5 Å². The lowest BCUT2D eigenvalue weighted by atomic mass is 10.2. The number of hydrogen-bond acceptors (Lipinski definition) is 4. The third-order valence-corrected chi connectivity index (χ3v) is 3.96. The largest absolute Gasteiger partial charge is 0.347 e. The number of carbonyl (C=O) groups is 2. The summed E-state index contributed by atoms with van der Waals surface area (Å²) in [5.74, 6) is -0.260. The number of aromatic nitrogens is 3. The van der Waals surface area contributed by atoms with Crippen molar-refractivity contribution in [1.29, 1.82) is 0 Å². The van der Waals surface area contributed by atoms with Crippen molar-refractivity contribution in [2.75, 3.05) is 19.6 Å². The van der Waals surface area contributed by atoms with Crippen LogP contribution in [0.5, 0.6) is 0 Å². The van der Waals surface area contributed by atoms with Crippen LogP contribution in [0.4, 0.5) is 0 Å². The maximum Gasteiger partial charge on any atom is 0.242 e. The average molecular weight is 313 g/mol. The molecule has 1 atom stereocenters. The molecule has 7 nitrogen and oxygen atoms in total. The molecule has 0 saturated carbocycles. The quantitative estimate of drug-likeness (QED) is 0.907. The maximum atomic E-state index is 12.0. The van der Waals surface area contributed by atoms with Crippen LogP contribution in [0, 0.1) is 0 Å². The normalized spacial score (nSPS) is 17.3. The molecule has 120 valence electrons. The van der Waals surface area contributed by atoms with Crippen LogP contribution in [0.25, 0.3) is 11.3 Å². The number of nitrogens with one attached hydrogen (secondary N) is 1. The van der Waals surface area contributed by atoms with Gasteiger partial charge in [0.15, 0.2) is 0 Å². The first-order valence-electron chi connectivity index (χ1n) is 7.63. The van der Waals surface area contributed by atoms with E-state index >= 15 is 0 Å². The van der Waals surface area contributed by atoms with Gasteiger partial charge in [-0.25, -0.2) is 4.68 Å².